The largest absolute Gasteiger partial charge is 0.385 e. The minimum Gasteiger partial charge on any atom is -0.385 e. The molecule has 0 aromatic heterocycles. The lowest BCUT2D eigenvalue weighted by atomic mass is 9.90. The molecule has 1 aromatic carbocycles. The molecule has 0 radical (unpaired) electrons. The van der Waals surface area contributed by atoms with Gasteiger partial charge in [-0.1, -0.05) is 31.2 Å². The Morgan fingerprint density at radius 2 is 2.33 bits per heavy atom. The van der Waals surface area contributed by atoms with Gasteiger partial charge in [0, 0.05) is 6.04 Å². The van der Waals surface area contributed by atoms with E-state index in [0.29, 0.717) is 6.42 Å². The van der Waals surface area contributed by atoms with Crippen molar-refractivity contribution in [3.05, 3.63) is 35.4 Å². The lowest BCUT2D eigenvalue weighted by Crippen LogP contribution is -2.25. The molecule has 0 spiro atoms. The first-order valence-electron chi connectivity index (χ1n) is 5.71. The molecule has 2 heteroatoms. The zero-order valence-electron chi connectivity index (χ0n) is 9.24. The van der Waals surface area contributed by atoms with Crippen LogP contribution in [-0.2, 0) is 12.0 Å². The molecule has 3 N–H and O–H groups in total. The smallest absolute Gasteiger partial charge is 0.0912 e. The molecule has 15 heavy (non-hydrogen) atoms. The van der Waals surface area contributed by atoms with Gasteiger partial charge in [0.2, 0.25) is 0 Å². The predicted octanol–water partition coefficient (Wildman–Crippen LogP) is 1.95. The van der Waals surface area contributed by atoms with Crippen LogP contribution in [-0.4, -0.2) is 11.1 Å². The topological polar surface area (TPSA) is 46.2 Å². The highest BCUT2D eigenvalue weighted by Crippen LogP contribution is 2.38. The number of aliphatic hydroxyl groups is 1. The second kappa shape index (κ2) is 3.95. The van der Waals surface area contributed by atoms with Crippen molar-refractivity contribution in [1.29, 1.82) is 0 Å². The van der Waals surface area contributed by atoms with E-state index in [-0.39, 0.29) is 6.04 Å². The van der Waals surface area contributed by atoms with E-state index in [4.69, 9.17) is 5.73 Å². The summed E-state index contributed by atoms with van der Waals surface area (Å²) in [5.41, 5.74) is 7.50. The van der Waals surface area contributed by atoms with E-state index in [1.165, 1.54) is 5.56 Å². The molecule has 0 heterocycles. The van der Waals surface area contributed by atoms with Crippen molar-refractivity contribution in [3.63, 3.8) is 0 Å². The minimum atomic E-state index is -0.676. The Kier molecular flexibility index (Phi) is 2.81. The average Bonchev–Trinajstić information content (AvgIpc) is 2.60. The maximum absolute atomic E-state index is 10.5. The van der Waals surface area contributed by atoms with Crippen molar-refractivity contribution in [2.75, 3.05) is 0 Å². The summed E-state index contributed by atoms with van der Waals surface area (Å²) in [4.78, 5) is 0. The Morgan fingerprint density at radius 3 is 2.93 bits per heavy atom. The van der Waals surface area contributed by atoms with Crippen LogP contribution < -0.4 is 5.73 Å². The standard InChI is InChI=1S/C13H19NO/c1-2-10-4-3-5-11(8-10)13(15)7-6-12(14)9-13/h3-5,8,12,15H,2,6-7,9,14H2,1H3. The van der Waals surface area contributed by atoms with Crippen LogP contribution in [0.5, 0.6) is 0 Å². The van der Waals surface area contributed by atoms with E-state index in [2.05, 4.69) is 19.1 Å². The maximum atomic E-state index is 10.5. The Labute approximate surface area is 91.1 Å². The number of hydrogen-bond donors (Lipinski definition) is 2. The molecule has 2 unspecified atom stereocenters. The van der Waals surface area contributed by atoms with Gasteiger partial charge in [0.1, 0.15) is 0 Å². The lowest BCUT2D eigenvalue weighted by molar-refractivity contribution is 0.0430. The average molecular weight is 205 g/mol. The monoisotopic (exact) mass is 205 g/mol. The van der Waals surface area contributed by atoms with Crippen LogP contribution in [0, 0.1) is 0 Å². The SMILES string of the molecule is CCc1cccc(C2(O)CCC(N)C2)c1. The maximum Gasteiger partial charge on any atom is 0.0912 e. The van der Waals surface area contributed by atoms with Crippen LogP contribution in [0.25, 0.3) is 0 Å². The van der Waals surface area contributed by atoms with Crippen molar-refractivity contribution in [3.8, 4) is 0 Å². The molecule has 82 valence electrons. The molecule has 2 rings (SSSR count). The van der Waals surface area contributed by atoms with E-state index in [0.717, 1.165) is 24.8 Å². The van der Waals surface area contributed by atoms with Gasteiger partial charge in [0.15, 0.2) is 0 Å². The van der Waals surface area contributed by atoms with Gasteiger partial charge >= 0.3 is 0 Å². The van der Waals surface area contributed by atoms with Crippen LogP contribution in [0.2, 0.25) is 0 Å². The lowest BCUT2D eigenvalue weighted by Gasteiger charge is -2.23. The normalized spacial score (nSPS) is 30.7. The van der Waals surface area contributed by atoms with Gasteiger partial charge in [0.05, 0.1) is 5.60 Å². The summed E-state index contributed by atoms with van der Waals surface area (Å²) < 4.78 is 0. The Hall–Kier alpha value is -0.860. The van der Waals surface area contributed by atoms with Crippen LogP contribution in [0.3, 0.4) is 0 Å². The van der Waals surface area contributed by atoms with Gasteiger partial charge in [-0.2, -0.15) is 0 Å². The molecule has 1 aliphatic rings. The highest BCUT2D eigenvalue weighted by molar-refractivity contribution is 5.29. The molecule has 2 nitrogen and oxygen atoms in total. The molecule has 0 amide bonds. The summed E-state index contributed by atoms with van der Waals surface area (Å²) >= 11 is 0. The molecule has 1 saturated carbocycles. The first-order valence-corrected chi connectivity index (χ1v) is 5.71. The fourth-order valence-electron chi connectivity index (χ4n) is 2.40. The first kappa shape index (κ1) is 10.7. The van der Waals surface area contributed by atoms with Crippen molar-refractivity contribution in [2.45, 2.75) is 44.2 Å². The zero-order chi connectivity index (χ0) is 10.9. The minimum absolute atomic E-state index is 0.153. The molecule has 1 aliphatic carbocycles. The van der Waals surface area contributed by atoms with Crippen molar-refractivity contribution in [1.82, 2.24) is 0 Å². The molecule has 0 saturated heterocycles. The van der Waals surface area contributed by atoms with Gasteiger partial charge in [-0.25, -0.2) is 0 Å². The summed E-state index contributed by atoms with van der Waals surface area (Å²) in [6.45, 7) is 2.13. The van der Waals surface area contributed by atoms with E-state index in [1.54, 1.807) is 0 Å². The number of hydrogen-bond acceptors (Lipinski definition) is 2. The van der Waals surface area contributed by atoms with Crippen LogP contribution >= 0.6 is 0 Å². The molecule has 1 aromatic rings. The fourth-order valence-corrected chi connectivity index (χ4v) is 2.40. The van der Waals surface area contributed by atoms with E-state index < -0.39 is 5.60 Å². The fraction of sp³-hybridized carbons (Fsp3) is 0.538. The molecule has 0 aliphatic heterocycles. The van der Waals surface area contributed by atoms with E-state index >= 15 is 0 Å². The molecular weight excluding hydrogens is 186 g/mol. The van der Waals surface area contributed by atoms with Crippen molar-refractivity contribution >= 4 is 0 Å². The van der Waals surface area contributed by atoms with Crippen LogP contribution in [0.4, 0.5) is 0 Å². The summed E-state index contributed by atoms with van der Waals surface area (Å²) in [5, 5.41) is 10.5. The predicted molar refractivity (Wildman–Crippen MR) is 61.5 cm³/mol. The molecule has 2 atom stereocenters. The summed E-state index contributed by atoms with van der Waals surface area (Å²) in [5.74, 6) is 0. The highest BCUT2D eigenvalue weighted by Gasteiger charge is 2.37. The quantitative estimate of drug-likeness (QED) is 0.775. The van der Waals surface area contributed by atoms with Crippen LogP contribution in [0.15, 0.2) is 24.3 Å². The number of benzene rings is 1. The van der Waals surface area contributed by atoms with Crippen molar-refractivity contribution in [2.24, 2.45) is 5.73 Å². The summed E-state index contributed by atoms with van der Waals surface area (Å²) in [7, 11) is 0. The Balaban J connectivity index is 2.28. The molecule has 1 fully saturated rings. The third-order valence-electron chi connectivity index (χ3n) is 3.40. The number of aryl methyl sites for hydroxylation is 1. The second-order valence-corrected chi connectivity index (χ2v) is 4.59. The third kappa shape index (κ3) is 2.06. The van der Waals surface area contributed by atoms with Gasteiger partial charge < -0.3 is 10.8 Å². The number of rotatable bonds is 2. The van der Waals surface area contributed by atoms with Crippen molar-refractivity contribution < 1.29 is 5.11 Å². The van der Waals surface area contributed by atoms with Gasteiger partial charge in [-0.05, 0) is 36.8 Å². The zero-order valence-corrected chi connectivity index (χ0v) is 9.24. The van der Waals surface area contributed by atoms with Gasteiger partial charge in [0.25, 0.3) is 0 Å². The molecule has 0 bridgehead atoms. The first-order chi connectivity index (χ1) is 7.14. The van der Waals surface area contributed by atoms with Gasteiger partial charge in [-0.15, -0.1) is 0 Å². The third-order valence-corrected chi connectivity index (χ3v) is 3.40. The summed E-state index contributed by atoms with van der Waals surface area (Å²) in [6.07, 6.45) is 3.42. The molecular formula is C13H19NO. The Bertz CT molecular complexity index is 350. The second-order valence-electron chi connectivity index (χ2n) is 4.59. The van der Waals surface area contributed by atoms with E-state index in [9.17, 15) is 5.11 Å². The highest BCUT2D eigenvalue weighted by atomic mass is 16.3. The van der Waals surface area contributed by atoms with E-state index in [1.807, 2.05) is 12.1 Å². The Morgan fingerprint density at radius 1 is 1.53 bits per heavy atom. The number of nitrogens with two attached hydrogens (primary N) is 1. The van der Waals surface area contributed by atoms with Gasteiger partial charge in [-0.3, -0.25) is 0 Å². The van der Waals surface area contributed by atoms with Crippen LogP contribution in [0.1, 0.15) is 37.3 Å². The summed E-state index contributed by atoms with van der Waals surface area (Å²) in [6, 6.07) is 8.40.